The van der Waals surface area contributed by atoms with E-state index in [0.29, 0.717) is 17.5 Å². The summed E-state index contributed by atoms with van der Waals surface area (Å²) < 4.78 is 12.0. The van der Waals surface area contributed by atoms with Crippen molar-refractivity contribution in [3.63, 3.8) is 0 Å². The third-order valence-electron chi connectivity index (χ3n) is 12.4. The van der Waals surface area contributed by atoms with Gasteiger partial charge in [-0.1, -0.05) is 152 Å². The minimum absolute atomic E-state index is 0.613. The molecule has 6 heteroatoms. The van der Waals surface area contributed by atoms with Crippen LogP contribution in [0, 0.1) is 0 Å². The Hall–Kier alpha value is -8.61. The van der Waals surface area contributed by atoms with Crippen LogP contribution in [-0.2, 0) is 0 Å². The van der Waals surface area contributed by atoms with E-state index in [1.54, 1.807) is 0 Å². The number of hydrogen-bond donors (Lipinski definition) is 0. The Morgan fingerprint density at radius 1 is 0.302 bits per heavy atom. The smallest absolute Gasteiger partial charge is 0.164 e. The summed E-state index contributed by atoms with van der Waals surface area (Å²) >= 11 is 0. The van der Waals surface area contributed by atoms with E-state index >= 15 is 0 Å². The quantitative estimate of drug-likeness (QED) is 0.168. The molecule has 13 aromatic rings. The van der Waals surface area contributed by atoms with Crippen molar-refractivity contribution in [2.24, 2.45) is 0 Å². The Labute approximate surface area is 361 Å². The van der Waals surface area contributed by atoms with E-state index in [0.717, 1.165) is 82.8 Å². The number of furan rings is 1. The molecular formula is C57H35N5O. The van der Waals surface area contributed by atoms with Crippen molar-refractivity contribution < 1.29 is 4.42 Å². The van der Waals surface area contributed by atoms with Crippen molar-refractivity contribution in [2.45, 2.75) is 0 Å². The molecule has 0 amide bonds. The van der Waals surface area contributed by atoms with Gasteiger partial charge in [0.15, 0.2) is 28.6 Å². The van der Waals surface area contributed by atoms with Crippen LogP contribution in [0.2, 0.25) is 0 Å². The molecule has 294 valence electrons. The maximum Gasteiger partial charge on any atom is 0.164 e. The van der Waals surface area contributed by atoms with Crippen LogP contribution in [-0.4, -0.2) is 24.1 Å². The molecule has 0 fully saturated rings. The average Bonchev–Trinajstić information content (AvgIpc) is 4.02. The summed E-state index contributed by atoms with van der Waals surface area (Å²) in [6.07, 6.45) is 0. The van der Waals surface area contributed by atoms with E-state index < -0.39 is 0 Å². The van der Waals surface area contributed by atoms with Crippen LogP contribution in [0.3, 0.4) is 0 Å². The van der Waals surface area contributed by atoms with Crippen LogP contribution in [0.4, 0.5) is 0 Å². The van der Waals surface area contributed by atoms with Crippen molar-refractivity contribution in [1.29, 1.82) is 0 Å². The van der Waals surface area contributed by atoms with Gasteiger partial charge in [0, 0.05) is 54.7 Å². The van der Waals surface area contributed by atoms with Gasteiger partial charge in [0.1, 0.15) is 0 Å². The number of fused-ring (bicyclic) bond motifs is 10. The highest BCUT2D eigenvalue weighted by Gasteiger charge is 2.23. The van der Waals surface area contributed by atoms with Gasteiger partial charge < -0.3 is 13.6 Å². The maximum absolute atomic E-state index is 7.27. The molecule has 0 aliphatic rings. The lowest BCUT2D eigenvalue weighted by Crippen LogP contribution is -2.00. The summed E-state index contributed by atoms with van der Waals surface area (Å²) in [6, 6.07) is 74.3. The molecule has 0 bridgehead atoms. The van der Waals surface area contributed by atoms with Crippen molar-refractivity contribution in [3.05, 3.63) is 212 Å². The second-order valence-corrected chi connectivity index (χ2v) is 16.0. The van der Waals surface area contributed by atoms with E-state index in [2.05, 4.69) is 161 Å². The Morgan fingerprint density at radius 2 is 0.794 bits per heavy atom. The molecule has 0 unspecified atom stereocenters. The first kappa shape index (κ1) is 35.2. The van der Waals surface area contributed by atoms with Crippen LogP contribution in [0.5, 0.6) is 0 Å². The molecule has 6 nitrogen and oxygen atoms in total. The lowest BCUT2D eigenvalue weighted by Gasteiger charge is -2.10. The number of aromatic nitrogens is 5. The minimum atomic E-state index is 0.613. The highest BCUT2D eigenvalue weighted by atomic mass is 16.3. The molecule has 4 heterocycles. The monoisotopic (exact) mass is 805 g/mol. The van der Waals surface area contributed by atoms with Gasteiger partial charge in [-0.3, -0.25) is 0 Å². The molecule has 0 aliphatic heterocycles. The van der Waals surface area contributed by atoms with Gasteiger partial charge in [0.2, 0.25) is 0 Å². The second kappa shape index (κ2) is 14.0. The van der Waals surface area contributed by atoms with Crippen LogP contribution in [0.25, 0.3) is 122 Å². The molecule has 13 rings (SSSR count). The molecule has 0 atom stereocenters. The molecule has 4 aromatic heterocycles. The van der Waals surface area contributed by atoms with E-state index in [4.69, 9.17) is 19.4 Å². The number of benzene rings is 9. The Balaban J connectivity index is 1.05. The largest absolute Gasteiger partial charge is 0.452 e. The number of hydrogen-bond acceptors (Lipinski definition) is 4. The number of nitrogens with zero attached hydrogens (tertiary/aromatic N) is 5. The minimum Gasteiger partial charge on any atom is -0.452 e. The summed E-state index contributed by atoms with van der Waals surface area (Å²) in [4.78, 5) is 15.1. The predicted molar refractivity (Wildman–Crippen MR) is 258 cm³/mol. The second-order valence-electron chi connectivity index (χ2n) is 16.0. The highest BCUT2D eigenvalue weighted by molar-refractivity contribution is 6.23. The summed E-state index contributed by atoms with van der Waals surface area (Å²) in [5, 5.41) is 6.68. The SMILES string of the molecule is c1ccc(-c2ccc3c(c2)c2ccccc2n3-c2cccc3c2oc2c3ccc3c4cc(-c5nc(-c6ccccc6)nc(-c6ccccc6)n5)ccc4n(-c4ccccc4)c32)cc1. The Kier molecular flexibility index (Phi) is 7.80. The first-order chi connectivity index (χ1) is 31.2. The normalized spacial score (nSPS) is 11.8. The fraction of sp³-hybridized carbons (Fsp3) is 0. The van der Waals surface area contributed by atoms with Crippen molar-refractivity contribution in [1.82, 2.24) is 24.1 Å². The highest BCUT2D eigenvalue weighted by Crippen LogP contribution is 2.44. The van der Waals surface area contributed by atoms with Gasteiger partial charge in [0.25, 0.3) is 0 Å². The summed E-state index contributed by atoms with van der Waals surface area (Å²) in [5.41, 5.74) is 13.2. The van der Waals surface area contributed by atoms with Gasteiger partial charge >= 0.3 is 0 Å². The molecule has 0 saturated carbocycles. The maximum atomic E-state index is 7.27. The fourth-order valence-electron chi connectivity index (χ4n) is 9.48. The van der Waals surface area contributed by atoms with Gasteiger partial charge in [0.05, 0.1) is 27.8 Å². The van der Waals surface area contributed by atoms with E-state index in [1.807, 2.05) is 60.7 Å². The average molecular weight is 806 g/mol. The summed E-state index contributed by atoms with van der Waals surface area (Å²) in [6.45, 7) is 0. The standard InChI is InChI=1S/C57H35N5O/c1-5-16-36(17-6-1)39-28-32-50-46(34-39)42-24-13-14-26-48(42)62(50)51-27-15-25-44-45-31-30-43-47-35-40(29-33-49(47)61(41-22-11-4-12-23-41)52(43)54(45)63-53(44)51)57-59-55(37-18-7-2-8-19-37)58-56(60-57)38-20-9-3-10-21-38/h1-35H. The topological polar surface area (TPSA) is 61.7 Å². The van der Waals surface area contributed by atoms with Gasteiger partial charge in [-0.2, -0.15) is 0 Å². The third kappa shape index (κ3) is 5.55. The molecule has 0 spiro atoms. The fourth-order valence-corrected chi connectivity index (χ4v) is 9.48. The van der Waals surface area contributed by atoms with Crippen LogP contribution in [0.15, 0.2) is 217 Å². The van der Waals surface area contributed by atoms with E-state index in [-0.39, 0.29) is 0 Å². The number of rotatable bonds is 6. The molecule has 0 N–H and O–H groups in total. The van der Waals surface area contributed by atoms with Crippen LogP contribution >= 0.6 is 0 Å². The summed E-state index contributed by atoms with van der Waals surface area (Å²) in [5.74, 6) is 1.87. The first-order valence-corrected chi connectivity index (χ1v) is 21.2. The van der Waals surface area contributed by atoms with Crippen molar-refractivity contribution in [2.75, 3.05) is 0 Å². The van der Waals surface area contributed by atoms with Gasteiger partial charge in [-0.15, -0.1) is 0 Å². The molecule has 0 saturated heterocycles. The molecule has 0 aliphatic carbocycles. The Morgan fingerprint density at radius 3 is 1.49 bits per heavy atom. The summed E-state index contributed by atoms with van der Waals surface area (Å²) in [7, 11) is 0. The van der Waals surface area contributed by atoms with Gasteiger partial charge in [-0.25, -0.2) is 15.0 Å². The lowest BCUT2D eigenvalue weighted by molar-refractivity contribution is 0.668. The Bertz CT molecular complexity index is 3830. The molecular weight excluding hydrogens is 771 g/mol. The third-order valence-corrected chi connectivity index (χ3v) is 12.4. The zero-order chi connectivity index (χ0) is 41.4. The first-order valence-electron chi connectivity index (χ1n) is 21.2. The zero-order valence-electron chi connectivity index (χ0n) is 33.9. The predicted octanol–water partition coefficient (Wildman–Crippen LogP) is 14.6. The van der Waals surface area contributed by atoms with E-state index in [1.165, 1.54) is 21.9 Å². The van der Waals surface area contributed by atoms with Gasteiger partial charge in [-0.05, 0) is 71.8 Å². The molecule has 9 aromatic carbocycles. The van der Waals surface area contributed by atoms with Crippen molar-refractivity contribution in [3.8, 4) is 56.7 Å². The molecule has 0 radical (unpaired) electrons. The lowest BCUT2D eigenvalue weighted by atomic mass is 10.0. The number of para-hydroxylation sites is 3. The van der Waals surface area contributed by atoms with Crippen LogP contribution in [0.1, 0.15) is 0 Å². The zero-order valence-corrected chi connectivity index (χ0v) is 33.9. The van der Waals surface area contributed by atoms with E-state index in [9.17, 15) is 0 Å². The van der Waals surface area contributed by atoms with Crippen molar-refractivity contribution >= 4 is 65.6 Å². The van der Waals surface area contributed by atoms with Crippen LogP contribution < -0.4 is 0 Å². The molecule has 63 heavy (non-hydrogen) atoms.